The van der Waals surface area contributed by atoms with Crippen LogP contribution in [-0.4, -0.2) is 158 Å². The Hall–Kier alpha value is -6.34. The van der Waals surface area contributed by atoms with Gasteiger partial charge in [-0.25, -0.2) is 29.5 Å². The van der Waals surface area contributed by atoms with Crippen LogP contribution in [0.15, 0.2) is 73.1 Å². The van der Waals surface area contributed by atoms with Crippen LogP contribution < -0.4 is 30.5 Å². The topological polar surface area (TPSA) is 158 Å². The van der Waals surface area contributed by atoms with Crippen LogP contribution in [0.2, 0.25) is 0 Å². The summed E-state index contributed by atoms with van der Waals surface area (Å²) in [4.78, 5) is 57.1. The fourth-order valence-electron chi connectivity index (χ4n) is 7.85. The summed E-state index contributed by atoms with van der Waals surface area (Å²) in [5.74, 6) is 2.85. The molecule has 0 saturated carbocycles. The van der Waals surface area contributed by atoms with Gasteiger partial charge in [0, 0.05) is 89.5 Å². The first-order valence-electron chi connectivity index (χ1n) is 21.6. The van der Waals surface area contributed by atoms with Gasteiger partial charge in [0.2, 0.25) is 0 Å². The number of nitrogens with one attached hydrogen (secondary N) is 2. The molecule has 2 aliphatic heterocycles. The van der Waals surface area contributed by atoms with Crippen LogP contribution in [0.25, 0.3) is 44.8 Å². The van der Waals surface area contributed by atoms with Gasteiger partial charge in [-0.3, -0.25) is 0 Å². The van der Waals surface area contributed by atoms with Crippen LogP contribution in [-0.2, 0) is 22.6 Å². The molecule has 6 heterocycles. The average Bonchev–Trinajstić information content (AvgIpc) is 3.93. The number of hydrogen-bond acceptors (Lipinski definition) is 12. The minimum atomic E-state index is -0.508. The third-order valence-electron chi connectivity index (χ3n) is 11.3. The van der Waals surface area contributed by atoms with Gasteiger partial charge in [-0.1, -0.05) is 0 Å². The van der Waals surface area contributed by atoms with E-state index in [1.807, 2.05) is 43.3 Å². The van der Waals surface area contributed by atoms with Crippen LogP contribution in [0.5, 0.6) is 0 Å². The van der Waals surface area contributed by atoms with Crippen LogP contribution in [0.3, 0.4) is 0 Å². The SMILES string of the molecule is CCNC(=O)N(c1ccc(-c2nc(N3CCOCC3)c3ccn(CCN(C)C)c3n2)cc1)N(C(=O)NC)c1ccc(-c2nc(N3CCOCC3)c3ccn(CCN(C)C)c3n2)cc1. The molecule has 0 aliphatic carbocycles. The maximum absolute atomic E-state index is 14.0. The van der Waals surface area contributed by atoms with Gasteiger partial charge in [0.25, 0.3) is 0 Å². The highest BCUT2D eigenvalue weighted by atomic mass is 16.5. The van der Waals surface area contributed by atoms with Gasteiger partial charge in [-0.05, 0) is 95.8 Å². The van der Waals surface area contributed by atoms with Crippen LogP contribution in [0.4, 0.5) is 32.6 Å². The van der Waals surface area contributed by atoms with Crippen molar-refractivity contribution < 1.29 is 19.1 Å². The molecule has 63 heavy (non-hydrogen) atoms. The number of carbonyl (C=O) groups is 2. The number of fused-ring (bicyclic) bond motifs is 2. The van der Waals surface area contributed by atoms with Crippen molar-refractivity contribution in [3.05, 3.63) is 73.1 Å². The minimum absolute atomic E-state index is 0.348. The second-order valence-corrected chi connectivity index (χ2v) is 16.1. The molecular formula is C45H58N14O4. The molecule has 8 rings (SSSR count). The lowest BCUT2D eigenvalue weighted by atomic mass is 10.1. The number of anilines is 4. The zero-order valence-corrected chi connectivity index (χ0v) is 37.1. The zero-order chi connectivity index (χ0) is 44.0. The second kappa shape index (κ2) is 19.4. The first kappa shape index (κ1) is 43.3. The molecule has 2 aromatic carbocycles. The highest BCUT2D eigenvalue weighted by Crippen LogP contribution is 2.33. The van der Waals surface area contributed by atoms with E-state index in [9.17, 15) is 9.59 Å². The van der Waals surface area contributed by atoms with Crippen molar-refractivity contribution in [1.29, 1.82) is 0 Å². The summed E-state index contributed by atoms with van der Waals surface area (Å²) in [5, 5.41) is 10.3. The standard InChI is InChI=1S/C45H58N14O4/c1-7-47-45(61)59(35-14-10-33(11-15-35)39-49-41-37(17-19-55(41)23-21-53(5)6)43(51-39)57-26-30-63-31-27-57)58(44(60)46-2)34-12-8-32(9-13-34)38-48-40-36(16-18-54(40)22-20-52(3)4)42(50-38)56-24-28-62-29-25-56/h8-19H,7,20-31H2,1-6H3,(H,46,60)(H,47,61). The molecular weight excluding hydrogens is 801 g/mol. The molecule has 2 aliphatic rings. The van der Waals surface area contributed by atoms with E-state index in [4.69, 9.17) is 29.4 Å². The lowest BCUT2D eigenvalue weighted by molar-refractivity contribution is 0.122. The monoisotopic (exact) mass is 858 g/mol. The highest BCUT2D eigenvalue weighted by Gasteiger charge is 2.30. The van der Waals surface area contributed by atoms with Gasteiger partial charge in [0.1, 0.15) is 22.9 Å². The normalized spacial score (nSPS) is 14.5. The Morgan fingerprint density at radius 1 is 0.603 bits per heavy atom. The van der Waals surface area contributed by atoms with Gasteiger partial charge in [-0.15, -0.1) is 0 Å². The van der Waals surface area contributed by atoms with E-state index in [2.05, 4.69) is 92.1 Å². The summed E-state index contributed by atoms with van der Waals surface area (Å²) >= 11 is 0. The number of carbonyl (C=O) groups excluding carboxylic acids is 2. The van der Waals surface area contributed by atoms with Crippen molar-refractivity contribution >= 4 is 57.1 Å². The molecule has 6 aromatic rings. The lowest BCUT2D eigenvalue weighted by Gasteiger charge is -2.34. The Labute approximate surface area is 368 Å². The number of hydrazine groups is 1. The van der Waals surface area contributed by atoms with Crippen LogP contribution >= 0.6 is 0 Å². The maximum Gasteiger partial charge on any atom is 0.341 e. The maximum atomic E-state index is 14.0. The summed E-state index contributed by atoms with van der Waals surface area (Å²) in [7, 11) is 9.77. The van der Waals surface area contributed by atoms with Crippen molar-refractivity contribution in [3.8, 4) is 22.8 Å². The molecule has 0 unspecified atom stereocenters. The molecule has 0 bridgehead atoms. The number of amides is 4. The van der Waals surface area contributed by atoms with Gasteiger partial charge in [-0.2, -0.15) is 10.0 Å². The van der Waals surface area contributed by atoms with Crippen LogP contribution in [0, 0.1) is 0 Å². The van der Waals surface area contributed by atoms with E-state index in [0.717, 1.165) is 97.2 Å². The molecule has 0 radical (unpaired) electrons. The lowest BCUT2D eigenvalue weighted by Crippen LogP contribution is -2.56. The number of morpholine rings is 2. The summed E-state index contributed by atoms with van der Waals surface area (Å²) in [5.41, 5.74) is 4.16. The molecule has 2 fully saturated rings. The fraction of sp³-hybridized carbons (Fsp3) is 0.422. The number of hydrogen-bond donors (Lipinski definition) is 2. The predicted molar refractivity (Wildman–Crippen MR) is 248 cm³/mol. The summed E-state index contributed by atoms with van der Waals surface area (Å²) < 4.78 is 15.7. The molecule has 0 atom stereocenters. The summed E-state index contributed by atoms with van der Waals surface area (Å²) in [6, 6.07) is 18.0. The van der Waals surface area contributed by atoms with Crippen LogP contribution in [0.1, 0.15) is 6.92 Å². The number of benzene rings is 2. The summed E-state index contributed by atoms with van der Waals surface area (Å²) in [6.45, 7) is 10.9. The molecule has 332 valence electrons. The Kier molecular flexibility index (Phi) is 13.3. The van der Waals surface area contributed by atoms with Gasteiger partial charge in [0.05, 0.1) is 48.6 Å². The van der Waals surface area contributed by atoms with E-state index < -0.39 is 12.1 Å². The van der Waals surface area contributed by atoms with E-state index >= 15 is 0 Å². The molecule has 4 aromatic heterocycles. The third kappa shape index (κ3) is 9.39. The largest absolute Gasteiger partial charge is 0.378 e. The minimum Gasteiger partial charge on any atom is -0.378 e. The second-order valence-electron chi connectivity index (χ2n) is 16.1. The number of ether oxygens (including phenoxy) is 2. The average molecular weight is 859 g/mol. The van der Waals surface area contributed by atoms with E-state index in [-0.39, 0.29) is 0 Å². The highest BCUT2D eigenvalue weighted by molar-refractivity contribution is 6.05. The smallest absolute Gasteiger partial charge is 0.341 e. The Bertz CT molecular complexity index is 2510. The number of nitrogens with zero attached hydrogens (tertiary/aromatic N) is 12. The Morgan fingerprint density at radius 3 is 1.40 bits per heavy atom. The molecule has 0 spiro atoms. The quantitative estimate of drug-likeness (QED) is 0.156. The van der Waals surface area contributed by atoms with E-state index in [1.165, 1.54) is 17.1 Å². The van der Waals surface area contributed by atoms with Gasteiger partial charge in [0.15, 0.2) is 11.6 Å². The zero-order valence-electron chi connectivity index (χ0n) is 37.1. The van der Waals surface area contributed by atoms with Crippen molar-refractivity contribution in [2.24, 2.45) is 0 Å². The van der Waals surface area contributed by atoms with Crippen molar-refractivity contribution in [1.82, 2.24) is 49.5 Å². The predicted octanol–water partition coefficient (Wildman–Crippen LogP) is 4.60. The van der Waals surface area contributed by atoms with Crippen molar-refractivity contribution in [3.63, 3.8) is 0 Å². The number of urea groups is 2. The van der Waals surface area contributed by atoms with E-state index in [0.29, 0.717) is 56.0 Å². The number of likely N-dealkylation sites (N-methyl/N-ethyl adjacent to an activating group) is 2. The molecule has 2 N–H and O–H groups in total. The van der Waals surface area contributed by atoms with Gasteiger partial charge < -0.3 is 48.8 Å². The molecule has 2 saturated heterocycles. The van der Waals surface area contributed by atoms with Gasteiger partial charge >= 0.3 is 12.1 Å². The Balaban J connectivity index is 1.14. The first-order chi connectivity index (χ1) is 30.6. The number of rotatable bonds is 13. The van der Waals surface area contributed by atoms with E-state index in [1.54, 1.807) is 12.1 Å². The van der Waals surface area contributed by atoms with Crippen molar-refractivity contribution in [2.45, 2.75) is 20.0 Å². The van der Waals surface area contributed by atoms with Crippen molar-refractivity contribution in [2.75, 3.05) is 127 Å². The Morgan fingerprint density at radius 2 is 1.02 bits per heavy atom. The molecule has 4 amide bonds. The molecule has 18 heteroatoms. The summed E-state index contributed by atoms with van der Waals surface area (Å²) in [6.07, 6.45) is 4.15. The molecule has 18 nitrogen and oxygen atoms in total. The number of aromatic nitrogens is 6. The fourth-order valence-corrected chi connectivity index (χ4v) is 7.85. The third-order valence-corrected chi connectivity index (χ3v) is 11.3. The first-order valence-corrected chi connectivity index (χ1v) is 21.6.